The van der Waals surface area contributed by atoms with Crippen LogP contribution in [0.3, 0.4) is 0 Å². The van der Waals surface area contributed by atoms with E-state index in [2.05, 4.69) is 17.7 Å². The lowest BCUT2D eigenvalue weighted by Crippen LogP contribution is -3.00. The Balaban J connectivity index is 0.00000961. The van der Waals surface area contributed by atoms with Crippen LogP contribution in [-0.4, -0.2) is 23.9 Å². The Morgan fingerprint density at radius 2 is 1.16 bits per heavy atom. The van der Waals surface area contributed by atoms with Crippen LogP contribution in [0.1, 0.15) is 134 Å². The molecule has 1 heterocycles. The van der Waals surface area contributed by atoms with Gasteiger partial charge >= 0.3 is 0 Å². The van der Waals surface area contributed by atoms with Crippen molar-refractivity contribution in [2.24, 2.45) is 0 Å². The molecule has 32 heavy (non-hydrogen) atoms. The largest absolute Gasteiger partial charge is 1.00 e. The SMILES string of the molecule is CCCCCCCCCCCCCCCCCC[n+]1cccc(C(=O)N(CC)CC)c1.[Br-]. The summed E-state index contributed by atoms with van der Waals surface area (Å²) in [6, 6.07) is 3.94. The van der Waals surface area contributed by atoms with Gasteiger partial charge in [0.15, 0.2) is 12.4 Å². The molecule has 0 spiro atoms. The van der Waals surface area contributed by atoms with Crippen molar-refractivity contribution in [2.75, 3.05) is 13.1 Å². The Bertz CT molecular complexity index is 560. The second-order valence-electron chi connectivity index (χ2n) is 9.11. The van der Waals surface area contributed by atoms with Crippen LogP contribution < -0.4 is 21.5 Å². The van der Waals surface area contributed by atoms with E-state index in [1.165, 1.54) is 103 Å². The molecule has 0 N–H and O–H groups in total. The van der Waals surface area contributed by atoms with Gasteiger partial charge in [0.2, 0.25) is 0 Å². The fraction of sp³-hybridized carbons (Fsp3) is 0.786. The predicted octanol–water partition coefficient (Wildman–Crippen LogP) is 4.72. The number of unbranched alkanes of at least 4 members (excludes halogenated alkanes) is 15. The van der Waals surface area contributed by atoms with Gasteiger partial charge in [-0.15, -0.1) is 0 Å². The maximum Gasteiger partial charge on any atom is 0.259 e. The van der Waals surface area contributed by atoms with E-state index in [9.17, 15) is 4.79 Å². The van der Waals surface area contributed by atoms with E-state index in [4.69, 9.17) is 0 Å². The van der Waals surface area contributed by atoms with Gasteiger partial charge in [-0.3, -0.25) is 4.79 Å². The molecule has 0 aliphatic carbocycles. The van der Waals surface area contributed by atoms with Crippen molar-refractivity contribution in [3.05, 3.63) is 30.1 Å². The molecule has 0 radical (unpaired) electrons. The van der Waals surface area contributed by atoms with E-state index in [0.717, 1.165) is 25.2 Å². The Morgan fingerprint density at radius 1 is 0.719 bits per heavy atom. The van der Waals surface area contributed by atoms with E-state index in [1.54, 1.807) is 0 Å². The maximum absolute atomic E-state index is 12.5. The van der Waals surface area contributed by atoms with Crippen molar-refractivity contribution in [3.63, 3.8) is 0 Å². The number of pyridine rings is 1. The fourth-order valence-electron chi connectivity index (χ4n) is 4.32. The summed E-state index contributed by atoms with van der Waals surface area (Å²) in [5.41, 5.74) is 0.808. The van der Waals surface area contributed by atoms with E-state index in [0.29, 0.717) is 0 Å². The number of nitrogens with zero attached hydrogens (tertiary/aromatic N) is 2. The number of carbonyl (C=O) groups is 1. The molecule has 0 aromatic carbocycles. The molecule has 0 unspecified atom stereocenters. The number of aromatic nitrogens is 1. The van der Waals surface area contributed by atoms with Gasteiger partial charge in [-0.25, -0.2) is 4.57 Å². The number of carbonyl (C=O) groups excluding carboxylic acids is 1. The summed E-state index contributed by atoms with van der Waals surface area (Å²) in [5, 5.41) is 0. The molecule has 0 aliphatic rings. The topological polar surface area (TPSA) is 24.2 Å². The molecule has 1 aromatic heterocycles. The highest BCUT2D eigenvalue weighted by atomic mass is 79.9. The van der Waals surface area contributed by atoms with Gasteiger partial charge in [0.25, 0.3) is 5.91 Å². The van der Waals surface area contributed by atoms with Crippen LogP contribution >= 0.6 is 0 Å². The van der Waals surface area contributed by atoms with Crippen LogP contribution in [0, 0.1) is 0 Å². The highest BCUT2D eigenvalue weighted by Gasteiger charge is 2.15. The highest BCUT2D eigenvalue weighted by molar-refractivity contribution is 5.93. The third-order valence-corrected chi connectivity index (χ3v) is 6.43. The number of halogens is 1. The third-order valence-electron chi connectivity index (χ3n) is 6.43. The molecule has 0 saturated heterocycles. The quantitative estimate of drug-likeness (QED) is 0.184. The van der Waals surface area contributed by atoms with Crippen molar-refractivity contribution in [1.82, 2.24) is 4.90 Å². The first kappa shape index (κ1) is 31.1. The van der Waals surface area contributed by atoms with Crippen molar-refractivity contribution in [3.8, 4) is 0 Å². The second-order valence-corrected chi connectivity index (χ2v) is 9.11. The molecule has 1 amide bonds. The summed E-state index contributed by atoms with van der Waals surface area (Å²) < 4.78 is 2.18. The summed E-state index contributed by atoms with van der Waals surface area (Å²) >= 11 is 0. The fourth-order valence-corrected chi connectivity index (χ4v) is 4.32. The molecule has 3 nitrogen and oxygen atoms in total. The van der Waals surface area contributed by atoms with Crippen LogP contribution in [0.2, 0.25) is 0 Å². The summed E-state index contributed by atoms with van der Waals surface area (Å²) in [6.07, 6.45) is 26.5. The first-order valence-electron chi connectivity index (χ1n) is 13.5. The monoisotopic (exact) mass is 510 g/mol. The molecule has 0 bridgehead atoms. The number of aryl methyl sites for hydroxylation is 1. The van der Waals surface area contributed by atoms with E-state index < -0.39 is 0 Å². The average molecular weight is 512 g/mol. The zero-order valence-electron chi connectivity index (χ0n) is 21.4. The van der Waals surface area contributed by atoms with Crippen LogP contribution in [0.5, 0.6) is 0 Å². The number of amides is 1. The third kappa shape index (κ3) is 15.0. The van der Waals surface area contributed by atoms with Crippen LogP contribution in [0.25, 0.3) is 0 Å². The first-order valence-corrected chi connectivity index (χ1v) is 13.5. The van der Waals surface area contributed by atoms with Crippen molar-refractivity contribution in [1.29, 1.82) is 0 Å². The van der Waals surface area contributed by atoms with Crippen LogP contribution in [-0.2, 0) is 6.54 Å². The lowest BCUT2D eigenvalue weighted by atomic mass is 10.0. The van der Waals surface area contributed by atoms with Crippen LogP contribution in [0.15, 0.2) is 24.5 Å². The molecule has 1 aromatic rings. The van der Waals surface area contributed by atoms with Gasteiger partial charge in [0.1, 0.15) is 12.1 Å². The molecule has 1 rings (SSSR count). The molecular formula is C28H51BrN2O. The molecule has 0 atom stereocenters. The van der Waals surface area contributed by atoms with E-state index in [-0.39, 0.29) is 22.9 Å². The Labute approximate surface area is 210 Å². The number of hydrogen-bond donors (Lipinski definition) is 0. The molecular weight excluding hydrogens is 460 g/mol. The van der Waals surface area contributed by atoms with Gasteiger partial charge in [0, 0.05) is 25.6 Å². The van der Waals surface area contributed by atoms with E-state index in [1.807, 2.05) is 37.1 Å². The minimum Gasteiger partial charge on any atom is -1.00 e. The summed E-state index contributed by atoms with van der Waals surface area (Å²) in [4.78, 5) is 14.4. The summed E-state index contributed by atoms with van der Waals surface area (Å²) in [6.45, 7) is 8.91. The molecule has 186 valence electrons. The smallest absolute Gasteiger partial charge is 0.259 e. The Kier molecular flexibility index (Phi) is 21.3. The van der Waals surface area contributed by atoms with Gasteiger partial charge in [0.05, 0.1) is 0 Å². The number of rotatable bonds is 20. The maximum atomic E-state index is 12.5. The molecule has 4 heteroatoms. The average Bonchev–Trinajstić information content (AvgIpc) is 2.79. The molecule has 0 aliphatic heterocycles. The van der Waals surface area contributed by atoms with Crippen molar-refractivity contribution < 1.29 is 26.3 Å². The normalized spacial score (nSPS) is 10.7. The first-order chi connectivity index (χ1) is 15.2. The van der Waals surface area contributed by atoms with Gasteiger partial charge < -0.3 is 21.9 Å². The minimum absolute atomic E-state index is 0. The summed E-state index contributed by atoms with van der Waals surface area (Å²) in [5.74, 6) is 0.145. The number of hydrogen-bond acceptors (Lipinski definition) is 1. The minimum atomic E-state index is 0. The van der Waals surface area contributed by atoms with E-state index >= 15 is 0 Å². The van der Waals surface area contributed by atoms with Crippen molar-refractivity contribution in [2.45, 2.75) is 130 Å². The highest BCUT2D eigenvalue weighted by Crippen LogP contribution is 2.13. The molecule has 0 fully saturated rings. The summed E-state index contributed by atoms with van der Waals surface area (Å²) in [7, 11) is 0. The van der Waals surface area contributed by atoms with Crippen LogP contribution in [0.4, 0.5) is 0 Å². The Morgan fingerprint density at radius 3 is 1.59 bits per heavy atom. The lowest BCUT2D eigenvalue weighted by Gasteiger charge is -2.17. The Hall–Kier alpha value is -0.900. The second kappa shape index (κ2) is 21.9. The van der Waals surface area contributed by atoms with Crippen molar-refractivity contribution >= 4 is 5.91 Å². The molecule has 0 saturated carbocycles. The zero-order chi connectivity index (χ0) is 22.6. The van der Waals surface area contributed by atoms with Gasteiger partial charge in [-0.05, 0) is 26.3 Å². The van der Waals surface area contributed by atoms with Gasteiger partial charge in [-0.1, -0.05) is 96.8 Å². The standard InChI is InChI=1S/C28H51N2O.BrH/c1-4-7-8-9-10-11-12-13-14-15-16-17-18-19-20-21-24-29-25-22-23-27(26-29)28(31)30(5-2)6-3;/h22-23,25-26H,4-21,24H2,1-3H3;1H/q+1;/p-1. The lowest BCUT2D eigenvalue weighted by molar-refractivity contribution is -0.697. The van der Waals surface area contributed by atoms with Gasteiger partial charge in [-0.2, -0.15) is 0 Å². The predicted molar refractivity (Wildman–Crippen MR) is 133 cm³/mol. The zero-order valence-corrected chi connectivity index (χ0v) is 23.0.